The Balaban J connectivity index is 1.55. The predicted molar refractivity (Wildman–Crippen MR) is 105 cm³/mol. The van der Waals surface area contributed by atoms with Crippen molar-refractivity contribution in [3.05, 3.63) is 29.8 Å². The van der Waals surface area contributed by atoms with E-state index < -0.39 is 0 Å². The molecule has 0 atom stereocenters. The van der Waals surface area contributed by atoms with Gasteiger partial charge in [0.1, 0.15) is 5.75 Å². The molecule has 0 radical (unpaired) electrons. The zero-order chi connectivity index (χ0) is 19.2. The van der Waals surface area contributed by atoms with E-state index in [2.05, 4.69) is 35.3 Å². The Labute approximate surface area is 162 Å². The number of rotatable bonds is 5. The Morgan fingerprint density at radius 1 is 0.929 bits per heavy atom. The zero-order valence-corrected chi connectivity index (χ0v) is 15.5. The number of nitrogens with zero attached hydrogens (tertiary/aromatic N) is 6. The molecule has 10 heteroatoms. The third-order valence-electron chi connectivity index (χ3n) is 4.45. The lowest BCUT2D eigenvalue weighted by atomic mass is 10.2. The molecule has 28 heavy (non-hydrogen) atoms. The summed E-state index contributed by atoms with van der Waals surface area (Å²) in [5, 5.41) is 13.7. The standard InChI is InChI=1S/C18H23N7O3/c26-15-3-1-2-14(12-15)13-19-23-16-20-17(24-4-8-27-9-5-24)22-18(21-16)25-6-10-28-11-7-25/h1-3,12-13,26H,4-11H2,(H,20,21,22,23)/b19-13+. The van der Waals surface area contributed by atoms with Crippen LogP contribution in [0.5, 0.6) is 5.75 Å². The summed E-state index contributed by atoms with van der Waals surface area (Å²) < 4.78 is 10.8. The molecule has 1 aromatic carbocycles. The van der Waals surface area contributed by atoms with E-state index in [1.54, 1.807) is 24.4 Å². The Morgan fingerprint density at radius 2 is 1.54 bits per heavy atom. The highest BCUT2D eigenvalue weighted by molar-refractivity contribution is 5.80. The lowest BCUT2D eigenvalue weighted by Gasteiger charge is -2.30. The molecule has 148 valence electrons. The molecule has 2 aliphatic heterocycles. The number of benzene rings is 1. The first-order valence-electron chi connectivity index (χ1n) is 9.27. The van der Waals surface area contributed by atoms with Crippen LogP contribution in [-0.2, 0) is 9.47 Å². The van der Waals surface area contributed by atoms with Crippen molar-refractivity contribution < 1.29 is 14.6 Å². The van der Waals surface area contributed by atoms with Gasteiger partial charge in [0.2, 0.25) is 17.8 Å². The SMILES string of the molecule is Oc1cccc(/C=N/Nc2nc(N3CCOCC3)nc(N3CCOCC3)n2)c1. The molecular weight excluding hydrogens is 362 g/mol. The summed E-state index contributed by atoms with van der Waals surface area (Å²) in [6.07, 6.45) is 1.60. The highest BCUT2D eigenvalue weighted by atomic mass is 16.5. The minimum atomic E-state index is 0.188. The van der Waals surface area contributed by atoms with E-state index in [4.69, 9.17) is 9.47 Å². The summed E-state index contributed by atoms with van der Waals surface area (Å²) in [5.41, 5.74) is 3.65. The second-order valence-electron chi connectivity index (χ2n) is 6.42. The van der Waals surface area contributed by atoms with Gasteiger partial charge in [0.15, 0.2) is 0 Å². The molecule has 2 fully saturated rings. The van der Waals surface area contributed by atoms with E-state index in [1.807, 2.05) is 6.07 Å². The molecule has 2 aromatic rings. The number of hydrogen-bond acceptors (Lipinski definition) is 10. The van der Waals surface area contributed by atoms with E-state index in [-0.39, 0.29) is 5.75 Å². The number of anilines is 3. The van der Waals surface area contributed by atoms with Gasteiger partial charge in [0, 0.05) is 26.2 Å². The molecule has 0 unspecified atom stereocenters. The third-order valence-corrected chi connectivity index (χ3v) is 4.45. The summed E-state index contributed by atoms with van der Waals surface area (Å²) in [6.45, 7) is 5.54. The monoisotopic (exact) mass is 385 g/mol. The van der Waals surface area contributed by atoms with Crippen molar-refractivity contribution in [3.63, 3.8) is 0 Å². The van der Waals surface area contributed by atoms with E-state index in [0.29, 0.717) is 44.3 Å². The van der Waals surface area contributed by atoms with Gasteiger partial charge in [0.25, 0.3) is 0 Å². The molecule has 0 saturated carbocycles. The number of aromatic nitrogens is 3. The molecule has 1 aromatic heterocycles. The van der Waals surface area contributed by atoms with Gasteiger partial charge in [-0.1, -0.05) is 12.1 Å². The fourth-order valence-electron chi connectivity index (χ4n) is 2.98. The number of aromatic hydroxyl groups is 1. The smallest absolute Gasteiger partial charge is 0.250 e. The van der Waals surface area contributed by atoms with Gasteiger partial charge >= 0.3 is 0 Å². The maximum atomic E-state index is 9.54. The van der Waals surface area contributed by atoms with Gasteiger partial charge in [-0.05, 0) is 17.7 Å². The Bertz CT molecular complexity index is 784. The normalized spacial score (nSPS) is 17.9. The van der Waals surface area contributed by atoms with Gasteiger partial charge < -0.3 is 24.4 Å². The second kappa shape index (κ2) is 8.81. The van der Waals surface area contributed by atoms with Crippen LogP contribution in [0.3, 0.4) is 0 Å². The molecular formula is C18H23N7O3. The number of phenols is 1. The third kappa shape index (κ3) is 4.65. The van der Waals surface area contributed by atoms with Crippen molar-refractivity contribution in [1.82, 2.24) is 15.0 Å². The molecule has 0 aliphatic carbocycles. The Morgan fingerprint density at radius 3 is 2.11 bits per heavy atom. The molecule has 0 bridgehead atoms. The van der Waals surface area contributed by atoms with Crippen LogP contribution in [0.2, 0.25) is 0 Å². The molecule has 4 rings (SSSR count). The fourth-order valence-corrected chi connectivity index (χ4v) is 2.98. The second-order valence-corrected chi connectivity index (χ2v) is 6.42. The molecule has 3 heterocycles. The van der Waals surface area contributed by atoms with E-state index in [1.165, 1.54) is 0 Å². The first-order chi connectivity index (χ1) is 13.8. The van der Waals surface area contributed by atoms with Crippen LogP contribution >= 0.6 is 0 Å². The molecule has 2 aliphatic rings. The number of ether oxygens (including phenoxy) is 2. The van der Waals surface area contributed by atoms with Crippen LogP contribution in [0.1, 0.15) is 5.56 Å². The number of morpholine rings is 2. The highest BCUT2D eigenvalue weighted by Gasteiger charge is 2.20. The van der Waals surface area contributed by atoms with Crippen LogP contribution in [0.15, 0.2) is 29.4 Å². The predicted octanol–water partition coefficient (Wildman–Crippen LogP) is 0.696. The zero-order valence-electron chi connectivity index (χ0n) is 15.5. The Hall–Kier alpha value is -2.98. The van der Waals surface area contributed by atoms with Crippen LogP contribution < -0.4 is 15.2 Å². The summed E-state index contributed by atoms with van der Waals surface area (Å²) in [6, 6.07) is 6.83. The number of nitrogens with one attached hydrogen (secondary N) is 1. The van der Waals surface area contributed by atoms with E-state index >= 15 is 0 Å². The maximum absolute atomic E-state index is 9.54. The van der Waals surface area contributed by atoms with Gasteiger partial charge in [-0.2, -0.15) is 20.1 Å². The highest BCUT2D eigenvalue weighted by Crippen LogP contribution is 2.18. The molecule has 10 nitrogen and oxygen atoms in total. The topological polar surface area (TPSA) is 108 Å². The lowest BCUT2D eigenvalue weighted by molar-refractivity contribution is 0.121. The molecule has 2 saturated heterocycles. The average molecular weight is 385 g/mol. The summed E-state index contributed by atoms with van der Waals surface area (Å²) >= 11 is 0. The van der Waals surface area contributed by atoms with Gasteiger partial charge in [-0.3, -0.25) is 0 Å². The first-order valence-corrected chi connectivity index (χ1v) is 9.27. The molecule has 0 spiro atoms. The summed E-state index contributed by atoms with van der Waals surface area (Å²) in [7, 11) is 0. The van der Waals surface area contributed by atoms with Gasteiger partial charge in [-0.15, -0.1) is 0 Å². The summed E-state index contributed by atoms with van der Waals surface area (Å²) in [4.78, 5) is 17.9. The number of phenolic OH excluding ortho intramolecular Hbond substituents is 1. The van der Waals surface area contributed by atoms with Crippen molar-refractivity contribution in [2.75, 3.05) is 67.8 Å². The maximum Gasteiger partial charge on any atom is 0.250 e. The minimum absolute atomic E-state index is 0.188. The largest absolute Gasteiger partial charge is 0.508 e. The van der Waals surface area contributed by atoms with Crippen molar-refractivity contribution in [3.8, 4) is 5.75 Å². The van der Waals surface area contributed by atoms with Crippen LogP contribution in [-0.4, -0.2) is 78.9 Å². The Kier molecular flexibility index (Phi) is 5.78. The number of hydrazone groups is 1. The molecule has 0 amide bonds. The van der Waals surface area contributed by atoms with Crippen molar-refractivity contribution in [2.24, 2.45) is 5.10 Å². The van der Waals surface area contributed by atoms with Crippen LogP contribution in [0.4, 0.5) is 17.8 Å². The minimum Gasteiger partial charge on any atom is -0.508 e. The lowest BCUT2D eigenvalue weighted by Crippen LogP contribution is -2.40. The van der Waals surface area contributed by atoms with E-state index in [9.17, 15) is 5.11 Å². The van der Waals surface area contributed by atoms with Gasteiger partial charge in [-0.25, -0.2) is 5.43 Å². The summed E-state index contributed by atoms with van der Waals surface area (Å²) in [5.74, 6) is 1.77. The van der Waals surface area contributed by atoms with Gasteiger partial charge in [0.05, 0.1) is 32.6 Å². The van der Waals surface area contributed by atoms with Crippen LogP contribution in [0.25, 0.3) is 0 Å². The average Bonchev–Trinajstić information content (AvgIpc) is 2.75. The van der Waals surface area contributed by atoms with Crippen molar-refractivity contribution in [2.45, 2.75) is 0 Å². The van der Waals surface area contributed by atoms with Crippen molar-refractivity contribution in [1.29, 1.82) is 0 Å². The first kappa shape index (κ1) is 18.4. The van der Waals surface area contributed by atoms with Crippen molar-refractivity contribution >= 4 is 24.1 Å². The fraction of sp³-hybridized carbons (Fsp3) is 0.444. The van der Waals surface area contributed by atoms with E-state index in [0.717, 1.165) is 31.7 Å². The van der Waals surface area contributed by atoms with Crippen LogP contribution in [0, 0.1) is 0 Å². The quantitative estimate of drug-likeness (QED) is 0.568. The number of hydrogen-bond donors (Lipinski definition) is 2. The molecule has 2 N–H and O–H groups in total.